The minimum atomic E-state index is -0.134. The van der Waals surface area contributed by atoms with Gasteiger partial charge in [-0.25, -0.2) is 9.78 Å². The van der Waals surface area contributed by atoms with Gasteiger partial charge in [0.15, 0.2) is 5.13 Å². The van der Waals surface area contributed by atoms with Gasteiger partial charge in [0.1, 0.15) is 0 Å². The van der Waals surface area contributed by atoms with Crippen LogP contribution in [0.3, 0.4) is 0 Å². The van der Waals surface area contributed by atoms with Gasteiger partial charge in [0.25, 0.3) is 0 Å². The second-order valence-electron chi connectivity index (χ2n) is 4.58. The van der Waals surface area contributed by atoms with E-state index in [1.54, 1.807) is 4.90 Å². The maximum Gasteiger partial charge on any atom is 0.323 e. The number of hydrogen-bond acceptors (Lipinski definition) is 4. The van der Waals surface area contributed by atoms with E-state index in [-0.39, 0.29) is 6.03 Å². The largest absolute Gasteiger partial charge is 0.378 e. The van der Waals surface area contributed by atoms with E-state index in [9.17, 15) is 4.79 Å². The Morgan fingerprint density at radius 3 is 2.95 bits per heavy atom. The molecular formula is C14H14ClN3O2S. The summed E-state index contributed by atoms with van der Waals surface area (Å²) in [6, 6.07) is 7.35. The number of carbonyl (C=O) groups excluding carboxylic acids is 1. The van der Waals surface area contributed by atoms with E-state index in [1.165, 1.54) is 11.3 Å². The molecule has 21 heavy (non-hydrogen) atoms. The minimum absolute atomic E-state index is 0.134. The lowest BCUT2D eigenvalue weighted by Gasteiger charge is -2.26. The molecule has 0 unspecified atom stereocenters. The van der Waals surface area contributed by atoms with E-state index in [2.05, 4.69) is 10.3 Å². The first-order valence-corrected chi connectivity index (χ1v) is 7.83. The van der Waals surface area contributed by atoms with Crippen LogP contribution in [0.5, 0.6) is 0 Å². The monoisotopic (exact) mass is 323 g/mol. The highest BCUT2D eigenvalue weighted by Gasteiger charge is 2.18. The number of thiazole rings is 1. The molecule has 0 saturated carbocycles. The van der Waals surface area contributed by atoms with E-state index < -0.39 is 0 Å². The number of amides is 2. The van der Waals surface area contributed by atoms with Crippen LogP contribution in [0.15, 0.2) is 29.6 Å². The zero-order valence-corrected chi connectivity index (χ0v) is 12.8. The van der Waals surface area contributed by atoms with Gasteiger partial charge in [-0.15, -0.1) is 11.3 Å². The Kier molecular flexibility index (Phi) is 4.38. The van der Waals surface area contributed by atoms with Crippen molar-refractivity contribution in [1.29, 1.82) is 0 Å². The maximum atomic E-state index is 12.1. The third-order valence-electron chi connectivity index (χ3n) is 3.14. The van der Waals surface area contributed by atoms with E-state index >= 15 is 0 Å². The molecule has 1 fully saturated rings. The van der Waals surface area contributed by atoms with Crippen LogP contribution in [0.2, 0.25) is 5.02 Å². The fourth-order valence-corrected chi connectivity index (χ4v) is 2.95. The minimum Gasteiger partial charge on any atom is -0.378 e. The van der Waals surface area contributed by atoms with Crippen molar-refractivity contribution in [2.45, 2.75) is 0 Å². The first-order chi connectivity index (χ1) is 10.2. The van der Waals surface area contributed by atoms with Gasteiger partial charge < -0.3 is 9.64 Å². The summed E-state index contributed by atoms with van der Waals surface area (Å²) in [4.78, 5) is 18.2. The van der Waals surface area contributed by atoms with Gasteiger partial charge in [-0.2, -0.15) is 0 Å². The Hall–Kier alpha value is -1.63. The van der Waals surface area contributed by atoms with Crippen LogP contribution < -0.4 is 5.32 Å². The van der Waals surface area contributed by atoms with Gasteiger partial charge in [-0.3, -0.25) is 5.32 Å². The fourth-order valence-electron chi connectivity index (χ4n) is 2.05. The van der Waals surface area contributed by atoms with Gasteiger partial charge in [0.05, 0.1) is 18.9 Å². The molecule has 1 aromatic carbocycles. The second-order valence-corrected chi connectivity index (χ2v) is 5.87. The highest BCUT2D eigenvalue weighted by molar-refractivity contribution is 7.14. The molecule has 5 nitrogen and oxygen atoms in total. The van der Waals surface area contributed by atoms with Crippen molar-refractivity contribution in [2.75, 3.05) is 31.6 Å². The molecule has 1 aliphatic heterocycles. The van der Waals surface area contributed by atoms with Crippen LogP contribution in [-0.4, -0.2) is 42.2 Å². The number of anilines is 1. The lowest BCUT2D eigenvalue weighted by Crippen LogP contribution is -2.43. The summed E-state index contributed by atoms with van der Waals surface area (Å²) in [7, 11) is 0. The number of nitrogens with one attached hydrogen (secondary N) is 1. The molecule has 0 radical (unpaired) electrons. The number of ether oxygens (including phenoxy) is 1. The van der Waals surface area contributed by atoms with Crippen molar-refractivity contribution >= 4 is 34.1 Å². The number of morpholine rings is 1. The fraction of sp³-hybridized carbons (Fsp3) is 0.286. The van der Waals surface area contributed by atoms with Gasteiger partial charge in [-0.05, 0) is 12.1 Å². The number of benzene rings is 1. The summed E-state index contributed by atoms with van der Waals surface area (Å²) < 4.78 is 5.23. The molecule has 1 saturated heterocycles. The molecule has 1 aliphatic rings. The normalized spacial score (nSPS) is 15.0. The van der Waals surface area contributed by atoms with Gasteiger partial charge >= 0.3 is 6.03 Å². The van der Waals surface area contributed by atoms with Gasteiger partial charge in [0, 0.05) is 29.1 Å². The van der Waals surface area contributed by atoms with Crippen LogP contribution in [0, 0.1) is 0 Å². The summed E-state index contributed by atoms with van der Waals surface area (Å²) in [5.41, 5.74) is 1.74. The molecule has 7 heteroatoms. The molecule has 2 heterocycles. The molecular weight excluding hydrogens is 310 g/mol. The van der Waals surface area contributed by atoms with Crippen LogP contribution in [0.1, 0.15) is 0 Å². The van der Waals surface area contributed by atoms with Crippen LogP contribution >= 0.6 is 22.9 Å². The maximum absolute atomic E-state index is 12.1. The molecule has 1 N–H and O–H groups in total. The zero-order chi connectivity index (χ0) is 14.7. The first-order valence-electron chi connectivity index (χ1n) is 6.57. The van der Waals surface area contributed by atoms with Crippen LogP contribution in [-0.2, 0) is 4.74 Å². The average molecular weight is 324 g/mol. The number of halogens is 1. The lowest BCUT2D eigenvalue weighted by atomic mass is 10.2. The summed E-state index contributed by atoms with van der Waals surface area (Å²) in [5, 5.41) is 5.98. The number of carbonyl (C=O) groups is 1. The summed E-state index contributed by atoms with van der Waals surface area (Å²) >= 11 is 7.37. The second kappa shape index (κ2) is 6.43. The lowest BCUT2D eigenvalue weighted by molar-refractivity contribution is 0.0564. The highest BCUT2D eigenvalue weighted by atomic mass is 35.5. The van der Waals surface area contributed by atoms with Crippen molar-refractivity contribution in [3.05, 3.63) is 34.7 Å². The zero-order valence-electron chi connectivity index (χ0n) is 11.2. The molecule has 2 aromatic rings. The Labute approximate surface area is 131 Å². The number of nitrogens with zero attached hydrogens (tertiary/aromatic N) is 2. The molecule has 0 atom stereocenters. The molecule has 110 valence electrons. The first kappa shape index (κ1) is 14.3. The number of urea groups is 1. The third-order valence-corrected chi connectivity index (χ3v) is 4.13. The van der Waals surface area contributed by atoms with E-state index in [1.807, 2.05) is 29.6 Å². The predicted molar refractivity (Wildman–Crippen MR) is 84.0 cm³/mol. The Morgan fingerprint density at radius 2 is 2.19 bits per heavy atom. The predicted octanol–water partition coefficient (Wildman–Crippen LogP) is 3.33. The van der Waals surface area contributed by atoms with E-state index in [0.717, 1.165) is 11.3 Å². The van der Waals surface area contributed by atoms with E-state index in [4.69, 9.17) is 16.3 Å². The molecule has 0 bridgehead atoms. The number of rotatable bonds is 2. The molecule has 0 spiro atoms. The van der Waals surface area contributed by atoms with Crippen molar-refractivity contribution < 1.29 is 9.53 Å². The smallest absolute Gasteiger partial charge is 0.323 e. The Bertz CT molecular complexity index is 641. The van der Waals surface area contributed by atoms with Crippen molar-refractivity contribution in [2.24, 2.45) is 0 Å². The average Bonchev–Trinajstić information content (AvgIpc) is 2.97. The quantitative estimate of drug-likeness (QED) is 0.922. The highest BCUT2D eigenvalue weighted by Crippen LogP contribution is 2.26. The third kappa shape index (κ3) is 3.53. The Balaban J connectivity index is 1.69. The molecule has 2 amide bonds. The molecule has 1 aromatic heterocycles. The molecule has 0 aliphatic carbocycles. The van der Waals surface area contributed by atoms with Crippen molar-refractivity contribution in [1.82, 2.24) is 9.88 Å². The van der Waals surface area contributed by atoms with E-state index in [0.29, 0.717) is 36.5 Å². The number of hydrogen-bond donors (Lipinski definition) is 1. The number of aromatic nitrogens is 1. The van der Waals surface area contributed by atoms with Crippen molar-refractivity contribution in [3.8, 4) is 11.3 Å². The Morgan fingerprint density at radius 1 is 1.38 bits per heavy atom. The summed E-state index contributed by atoms with van der Waals surface area (Å²) in [6.07, 6.45) is 0. The standard InChI is InChI=1S/C14H14ClN3O2S/c15-11-3-1-2-10(8-11)12-9-21-13(16-12)17-14(19)18-4-6-20-7-5-18/h1-3,8-9H,4-7H2,(H,16,17,19). The van der Waals surface area contributed by atoms with Crippen LogP contribution in [0.25, 0.3) is 11.3 Å². The summed E-state index contributed by atoms with van der Waals surface area (Å²) in [6.45, 7) is 2.38. The van der Waals surface area contributed by atoms with Gasteiger partial charge in [-0.1, -0.05) is 23.7 Å². The SMILES string of the molecule is O=C(Nc1nc(-c2cccc(Cl)c2)cs1)N1CCOCC1. The van der Waals surface area contributed by atoms with Crippen molar-refractivity contribution in [3.63, 3.8) is 0 Å². The summed E-state index contributed by atoms with van der Waals surface area (Å²) in [5.74, 6) is 0. The van der Waals surface area contributed by atoms with Crippen LogP contribution in [0.4, 0.5) is 9.93 Å². The van der Waals surface area contributed by atoms with Gasteiger partial charge in [0.2, 0.25) is 0 Å². The topological polar surface area (TPSA) is 54.5 Å². The molecule has 3 rings (SSSR count).